The molecule has 6 nitrogen and oxygen atoms in total. The van der Waals surface area contributed by atoms with Crippen molar-refractivity contribution >= 4 is 6.03 Å². The van der Waals surface area contributed by atoms with Gasteiger partial charge in [-0.15, -0.1) is 0 Å². The van der Waals surface area contributed by atoms with E-state index in [0.29, 0.717) is 5.76 Å². The monoisotopic (exact) mass is 335 g/mol. The molecule has 24 heavy (non-hydrogen) atoms. The third-order valence-corrected chi connectivity index (χ3v) is 5.24. The van der Waals surface area contributed by atoms with Gasteiger partial charge in [0.15, 0.2) is 0 Å². The Hall–Kier alpha value is -1.53. The van der Waals surface area contributed by atoms with Gasteiger partial charge in [-0.05, 0) is 44.2 Å². The van der Waals surface area contributed by atoms with E-state index in [9.17, 15) is 9.90 Å². The minimum atomic E-state index is -1.20. The first kappa shape index (κ1) is 17.3. The van der Waals surface area contributed by atoms with Crippen molar-refractivity contribution in [2.45, 2.75) is 50.7 Å². The molecule has 134 valence electrons. The highest BCUT2D eigenvalue weighted by Gasteiger charge is 2.29. The van der Waals surface area contributed by atoms with Crippen LogP contribution in [0.3, 0.4) is 0 Å². The molecule has 2 heterocycles. The number of nitrogens with one attached hydrogen (secondary N) is 2. The summed E-state index contributed by atoms with van der Waals surface area (Å²) in [6, 6.07) is 3.40. The number of aliphatic hydroxyl groups is 1. The molecule has 0 aromatic carbocycles. The standard InChI is InChI=1S/C18H29N3O3/c1-18(23,16-7-4-10-24-16)13-19-17(22)20-15-8-9-21(12-15)11-14-5-2-3-6-14/h4,7,10,14-15,23H,2-3,5-6,8-9,11-13H2,1H3,(H2,19,20,22)/t15-,18-/m1/s1. The fourth-order valence-electron chi connectivity index (χ4n) is 3.84. The Morgan fingerprint density at radius 3 is 2.92 bits per heavy atom. The van der Waals surface area contributed by atoms with Crippen molar-refractivity contribution in [2.75, 3.05) is 26.2 Å². The summed E-state index contributed by atoms with van der Waals surface area (Å²) in [5.74, 6) is 1.30. The van der Waals surface area contributed by atoms with Crippen LogP contribution in [-0.2, 0) is 5.60 Å². The molecule has 2 amide bonds. The van der Waals surface area contributed by atoms with Gasteiger partial charge >= 0.3 is 6.03 Å². The quantitative estimate of drug-likeness (QED) is 0.743. The van der Waals surface area contributed by atoms with Crippen LogP contribution in [0.25, 0.3) is 0 Å². The SMILES string of the molecule is C[C@@](O)(CNC(=O)N[C@@H]1CCN(CC2CCCC2)C1)c1ccco1. The smallest absolute Gasteiger partial charge is 0.315 e. The van der Waals surface area contributed by atoms with Crippen molar-refractivity contribution in [3.8, 4) is 0 Å². The van der Waals surface area contributed by atoms with E-state index in [1.165, 1.54) is 38.5 Å². The van der Waals surface area contributed by atoms with Crippen LogP contribution in [0.5, 0.6) is 0 Å². The average molecular weight is 335 g/mol. The Labute approximate surface area is 143 Å². The van der Waals surface area contributed by atoms with E-state index in [-0.39, 0.29) is 18.6 Å². The lowest BCUT2D eigenvalue weighted by Crippen LogP contribution is -2.47. The Kier molecular flexibility index (Phi) is 5.46. The number of furan rings is 1. The number of nitrogens with zero attached hydrogens (tertiary/aromatic N) is 1. The van der Waals surface area contributed by atoms with Crippen LogP contribution in [0.4, 0.5) is 4.79 Å². The van der Waals surface area contributed by atoms with E-state index < -0.39 is 5.60 Å². The van der Waals surface area contributed by atoms with Gasteiger partial charge in [0.05, 0.1) is 12.8 Å². The largest absolute Gasteiger partial charge is 0.466 e. The second kappa shape index (κ2) is 7.57. The lowest BCUT2D eigenvalue weighted by molar-refractivity contribution is 0.0366. The zero-order valence-corrected chi connectivity index (χ0v) is 14.5. The van der Waals surface area contributed by atoms with E-state index >= 15 is 0 Å². The van der Waals surface area contributed by atoms with Gasteiger partial charge in [0.25, 0.3) is 0 Å². The van der Waals surface area contributed by atoms with Gasteiger partial charge in [-0.2, -0.15) is 0 Å². The maximum atomic E-state index is 12.1. The molecule has 3 N–H and O–H groups in total. The molecule has 1 aromatic heterocycles. The zero-order chi connectivity index (χ0) is 17.0. The summed E-state index contributed by atoms with van der Waals surface area (Å²) < 4.78 is 5.21. The topological polar surface area (TPSA) is 77.7 Å². The molecule has 0 radical (unpaired) electrons. The number of likely N-dealkylation sites (tertiary alicyclic amines) is 1. The van der Waals surface area contributed by atoms with Gasteiger partial charge in [0, 0.05) is 25.7 Å². The molecule has 0 spiro atoms. The third-order valence-electron chi connectivity index (χ3n) is 5.24. The van der Waals surface area contributed by atoms with E-state index in [1.54, 1.807) is 19.1 Å². The summed E-state index contributed by atoms with van der Waals surface area (Å²) in [7, 11) is 0. The zero-order valence-electron chi connectivity index (χ0n) is 14.5. The Bertz CT molecular complexity index is 524. The van der Waals surface area contributed by atoms with E-state index in [4.69, 9.17) is 4.42 Å². The Balaban J connectivity index is 1.38. The number of rotatable bonds is 6. The summed E-state index contributed by atoms with van der Waals surface area (Å²) in [6.45, 7) is 4.91. The molecule has 1 aliphatic carbocycles. The van der Waals surface area contributed by atoms with Crippen molar-refractivity contribution in [2.24, 2.45) is 5.92 Å². The van der Waals surface area contributed by atoms with Crippen LogP contribution in [0.1, 0.15) is 44.8 Å². The summed E-state index contributed by atoms with van der Waals surface area (Å²) in [4.78, 5) is 14.6. The minimum Gasteiger partial charge on any atom is -0.466 e. The fraction of sp³-hybridized carbons (Fsp3) is 0.722. The fourth-order valence-corrected chi connectivity index (χ4v) is 3.84. The second-order valence-corrected chi connectivity index (χ2v) is 7.47. The van der Waals surface area contributed by atoms with Crippen LogP contribution < -0.4 is 10.6 Å². The van der Waals surface area contributed by atoms with Gasteiger partial charge in [-0.25, -0.2) is 4.79 Å². The van der Waals surface area contributed by atoms with E-state index in [0.717, 1.165) is 25.4 Å². The first-order valence-corrected chi connectivity index (χ1v) is 9.06. The van der Waals surface area contributed by atoms with Gasteiger partial charge in [-0.3, -0.25) is 0 Å². The Morgan fingerprint density at radius 2 is 2.21 bits per heavy atom. The normalized spacial score (nSPS) is 24.8. The first-order valence-electron chi connectivity index (χ1n) is 9.06. The highest BCUT2D eigenvalue weighted by molar-refractivity contribution is 5.74. The maximum absolute atomic E-state index is 12.1. The molecule has 0 bridgehead atoms. The van der Waals surface area contributed by atoms with Crippen LogP contribution in [0, 0.1) is 5.92 Å². The van der Waals surface area contributed by atoms with Crippen LogP contribution in [0.2, 0.25) is 0 Å². The van der Waals surface area contributed by atoms with Crippen LogP contribution >= 0.6 is 0 Å². The minimum absolute atomic E-state index is 0.116. The van der Waals surface area contributed by atoms with Gasteiger partial charge in [-0.1, -0.05) is 12.8 Å². The predicted molar refractivity (Wildman–Crippen MR) is 91.6 cm³/mol. The maximum Gasteiger partial charge on any atom is 0.315 e. The van der Waals surface area contributed by atoms with E-state index in [2.05, 4.69) is 15.5 Å². The number of carbonyl (C=O) groups excluding carboxylic acids is 1. The summed E-state index contributed by atoms with van der Waals surface area (Å²) in [5, 5.41) is 16.1. The molecule has 1 saturated heterocycles. The van der Waals surface area contributed by atoms with Crippen molar-refractivity contribution in [3.63, 3.8) is 0 Å². The summed E-state index contributed by atoms with van der Waals surface area (Å²) in [6.07, 6.45) is 7.97. The molecule has 1 aromatic rings. The van der Waals surface area contributed by atoms with Crippen LogP contribution in [0.15, 0.2) is 22.8 Å². The van der Waals surface area contributed by atoms with E-state index in [1.807, 2.05) is 0 Å². The number of hydrogen-bond donors (Lipinski definition) is 3. The molecule has 1 saturated carbocycles. The molecular weight excluding hydrogens is 306 g/mol. The molecule has 0 unspecified atom stereocenters. The summed E-state index contributed by atoms with van der Waals surface area (Å²) in [5.41, 5.74) is -1.20. The van der Waals surface area contributed by atoms with Gasteiger partial charge in [0.1, 0.15) is 11.4 Å². The van der Waals surface area contributed by atoms with Gasteiger partial charge < -0.3 is 25.1 Å². The molecule has 3 rings (SSSR count). The lowest BCUT2D eigenvalue weighted by Gasteiger charge is -2.23. The number of amides is 2. The molecule has 1 aliphatic heterocycles. The number of urea groups is 1. The van der Waals surface area contributed by atoms with Crippen molar-refractivity contribution in [3.05, 3.63) is 24.2 Å². The molecule has 2 fully saturated rings. The van der Waals surface area contributed by atoms with Crippen LogP contribution in [-0.4, -0.2) is 48.3 Å². The molecule has 2 aliphatic rings. The van der Waals surface area contributed by atoms with Gasteiger partial charge in [0.2, 0.25) is 0 Å². The third kappa shape index (κ3) is 4.51. The predicted octanol–water partition coefficient (Wildman–Crippen LogP) is 2.05. The average Bonchev–Trinajstić information content (AvgIpc) is 3.28. The number of hydrogen-bond acceptors (Lipinski definition) is 4. The molecule has 2 atom stereocenters. The second-order valence-electron chi connectivity index (χ2n) is 7.47. The lowest BCUT2D eigenvalue weighted by atomic mass is 10.0. The van der Waals surface area contributed by atoms with Crippen molar-refractivity contribution in [1.29, 1.82) is 0 Å². The molecule has 6 heteroatoms. The summed E-state index contributed by atoms with van der Waals surface area (Å²) >= 11 is 0. The Morgan fingerprint density at radius 1 is 1.42 bits per heavy atom. The van der Waals surface area contributed by atoms with Crippen molar-refractivity contribution < 1.29 is 14.3 Å². The highest BCUT2D eigenvalue weighted by atomic mass is 16.4. The molecular formula is C18H29N3O3. The first-order chi connectivity index (χ1) is 11.5. The van der Waals surface area contributed by atoms with Crippen molar-refractivity contribution in [1.82, 2.24) is 15.5 Å². The number of carbonyl (C=O) groups is 1. The highest BCUT2D eigenvalue weighted by Crippen LogP contribution is 2.26.